The lowest BCUT2D eigenvalue weighted by Gasteiger charge is -2.29. The van der Waals surface area contributed by atoms with Crippen LogP contribution in [0.4, 0.5) is 0 Å². The summed E-state index contributed by atoms with van der Waals surface area (Å²) in [7, 11) is 1.86. The Morgan fingerprint density at radius 1 is 1.32 bits per heavy atom. The molecule has 2 aromatic heterocycles. The van der Waals surface area contributed by atoms with E-state index in [1.807, 2.05) is 14.0 Å². The first kappa shape index (κ1) is 16.8. The number of rotatable bonds is 5. The normalized spacial score (nSPS) is 27.6. The van der Waals surface area contributed by atoms with Gasteiger partial charge in [0, 0.05) is 13.1 Å². The first-order chi connectivity index (χ1) is 12.0. The zero-order valence-corrected chi connectivity index (χ0v) is 15.8. The number of amides is 1. The van der Waals surface area contributed by atoms with Crippen LogP contribution >= 0.6 is 11.8 Å². The van der Waals surface area contributed by atoms with Crippen molar-refractivity contribution >= 4 is 28.7 Å². The Labute approximate surface area is 152 Å². The Hall–Kier alpha value is -1.63. The maximum absolute atomic E-state index is 12.7. The predicted molar refractivity (Wildman–Crippen MR) is 98.2 cm³/mol. The predicted octanol–water partition coefficient (Wildman–Crippen LogP) is 2.78. The van der Waals surface area contributed by atoms with E-state index >= 15 is 0 Å². The molecule has 25 heavy (non-hydrogen) atoms. The van der Waals surface area contributed by atoms with Gasteiger partial charge in [-0.25, -0.2) is 9.97 Å². The van der Waals surface area contributed by atoms with Crippen LogP contribution < -0.4 is 5.32 Å². The van der Waals surface area contributed by atoms with Gasteiger partial charge in [0.1, 0.15) is 11.4 Å². The molecule has 134 valence electrons. The number of nitrogens with one attached hydrogen (secondary N) is 1. The molecule has 5 atom stereocenters. The highest BCUT2D eigenvalue weighted by Crippen LogP contribution is 2.49. The molecule has 0 spiro atoms. The topological polar surface area (TPSA) is 72.7 Å². The van der Waals surface area contributed by atoms with Gasteiger partial charge in [-0.05, 0) is 50.9 Å². The van der Waals surface area contributed by atoms with Crippen LogP contribution in [0.15, 0.2) is 17.6 Å². The standard InChI is InChI=1S/C18H25N5OS/c1-10(14-7-12-4-5-13(14)6-12)22-17(24)11(2)25-18-15-8-21-23(3)16(15)19-9-20-18/h8-14H,4-7H2,1-3H3,(H,22,24). The van der Waals surface area contributed by atoms with E-state index < -0.39 is 0 Å². The van der Waals surface area contributed by atoms with Gasteiger partial charge in [0.25, 0.3) is 0 Å². The van der Waals surface area contributed by atoms with E-state index in [1.54, 1.807) is 10.9 Å². The minimum absolute atomic E-state index is 0.0935. The number of carbonyl (C=O) groups excluding carboxylic acids is 1. The molecule has 1 N–H and O–H groups in total. The van der Waals surface area contributed by atoms with Gasteiger partial charge in [0.2, 0.25) is 5.91 Å². The highest BCUT2D eigenvalue weighted by Gasteiger charge is 2.42. The summed E-state index contributed by atoms with van der Waals surface area (Å²) in [4.78, 5) is 21.3. The summed E-state index contributed by atoms with van der Waals surface area (Å²) in [6.45, 7) is 4.11. The number of hydrogen-bond acceptors (Lipinski definition) is 5. The summed E-state index contributed by atoms with van der Waals surface area (Å²) in [5, 5.41) is 9.00. The minimum Gasteiger partial charge on any atom is -0.352 e. The third-order valence-corrected chi connectivity index (χ3v) is 7.07. The van der Waals surface area contributed by atoms with Crippen molar-refractivity contribution in [2.75, 3.05) is 0 Å². The van der Waals surface area contributed by atoms with Crippen LogP contribution in [0.3, 0.4) is 0 Å². The smallest absolute Gasteiger partial charge is 0.233 e. The number of thioether (sulfide) groups is 1. The summed E-state index contributed by atoms with van der Waals surface area (Å²) in [5.74, 6) is 2.47. The van der Waals surface area contributed by atoms with Crippen molar-refractivity contribution in [2.45, 2.75) is 55.8 Å². The lowest BCUT2D eigenvalue weighted by molar-refractivity contribution is -0.121. The highest BCUT2D eigenvalue weighted by molar-refractivity contribution is 8.00. The molecule has 0 saturated heterocycles. The quantitative estimate of drug-likeness (QED) is 0.656. The van der Waals surface area contributed by atoms with Gasteiger partial charge in [-0.2, -0.15) is 5.10 Å². The van der Waals surface area contributed by atoms with Gasteiger partial charge in [-0.3, -0.25) is 9.48 Å². The first-order valence-corrected chi connectivity index (χ1v) is 10.0. The van der Waals surface area contributed by atoms with E-state index in [0.717, 1.165) is 27.9 Å². The fourth-order valence-corrected chi connectivity index (χ4v) is 5.50. The number of aromatic nitrogens is 4. The van der Waals surface area contributed by atoms with E-state index in [-0.39, 0.29) is 17.2 Å². The second kappa shape index (κ2) is 6.59. The molecule has 2 aliphatic rings. The van der Waals surface area contributed by atoms with Crippen LogP contribution in [-0.4, -0.2) is 36.9 Å². The zero-order chi connectivity index (χ0) is 17.6. The van der Waals surface area contributed by atoms with E-state index in [9.17, 15) is 4.79 Å². The van der Waals surface area contributed by atoms with Crippen LogP contribution in [0, 0.1) is 17.8 Å². The molecule has 2 heterocycles. The average Bonchev–Trinajstić information content (AvgIpc) is 3.31. The number of fused-ring (bicyclic) bond motifs is 3. The van der Waals surface area contributed by atoms with Crippen molar-refractivity contribution in [3.63, 3.8) is 0 Å². The van der Waals surface area contributed by atoms with Crippen LogP contribution in [0.5, 0.6) is 0 Å². The van der Waals surface area contributed by atoms with Crippen LogP contribution in [0.25, 0.3) is 11.0 Å². The number of nitrogens with zero attached hydrogens (tertiary/aromatic N) is 4. The molecule has 2 aliphatic carbocycles. The van der Waals surface area contributed by atoms with Crippen molar-refractivity contribution in [3.05, 3.63) is 12.5 Å². The second-order valence-electron chi connectivity index (χ2n) is 7.58. The molecule has 6 nitrogen and oxygen atoms in total. The fourth-order valence-electron chi connectivity index (χ4n) is 4.61. The number of carbonyl (C=O) groups is 1. The summed E-state index contributed by atoms with van der Waals surface area (Å²) >= 11 is 1.48. The molecule has 2 bridgehead atoms. The summed E-state index contributed by atoms with van der Waals surface area (Å²) < 4.78 is 1.73. The summed E-state index contributed by atoms with van der Waals surface area (Å²) in [6.07, 6.45) is 8.70. The monoisotopic (exact) mass is 359 g/mol. The molecule has 2 saturated carbocycles. The minimum atomic E-state index is -0.195. The molecule has 4 rings (SSSR count). The SMILES string of the molecule is CC(Sc1ncnc2c1cnn2C)C(=O)NC(C)C1CC2CCC1C2. The van der Waals surface area contributed by atoms with Crippen LogP contribution in [0.1, 0.15) is 39.5 Å². The van der Waals surface area contributed by atoms with Crippen molar-refractivity contribution in [3.8, 4) is 0 Å². The second-order valence-corrected chi connectivity index (χ2v) is 8.91. The van der Waals surface area contributed by atoms with Crippen LogP contribution in [0.2, 0.25) is 0 Å². The van der Waals surface area contributed by atoms with Gasteiger partial charge in [-0.1, -0.05) is 18.2 Å². The summed E-state index contributed by atoms with van der Waals surface area (Å²) in [5.41, 5.74) is 0.792. The number of hydrogen-bond donors (Lipinski definition) is 1. The van der Waals surface area contributed by atoms with E-state index in [1.165, 1.54) is 43.8 Å². The van der Waals surface area contributed by atoms with E-state index in [4.69, 9.17) is 0 Å². The molecule has 2 fully saturated rings. The lowest BCUT2D eigenvalue weighted by atomic mass is 9.84. The molecule has 1 amide bonds. The van der Waals surface area contributed by atoms with E-state index in [2.05, 4.69) is 27.3 Å². The third-order valence-electron chi connectivity index (χ3n) is 5.96. The average molecular weight is 359 g/mol. The van der Waals surface area contributed by atoms with Gasteiger partial charge in [0.15, 0.2) is 5.65 Å². The maximum atomic E-state index is 12.7. The van der Waals surface area contributed by atoms with Crippen molar-refractivity contribution in [1.82, 2.24) is 25.1 Å². The van der Waals surface area contributed by atoms with Gasteiger partial charge in [-0.15, -0.1) is 0 Å². The summed E-state index contributed by atoms with van der Waals surface area (Å²) in [6, 6.07) is 0.259. The van der Waals surface area contributed by atoms with E-state index in [0.29, 0.717) is 5.92 Å². The molecule has 0 radical (unpaired) electrons. The molecule has 5 unspecified atom stereocenters. The maximum Gasteiger partial charge on any atom is 0.233 e. The Bertz CT molecular complexity index is 791. The first-order valence-electron chi connectivity index (χ1n) is 9.12. The van der Waals surface area contributed by atoms with Crippen molar-refractivity contribution < 1.29 is 4.79 Å². The largest absolute Gasteiger partial charge is 0.352 e. The molecule has 7 heteroatoms. The molecular weight excluding hydrogens is 334 g/mol. The zero-order valence-electron chi connectivity index (χ0n) is 15.0. The Morgan fingerprint density at radius 3 is 2.88 bits per heavy atom. The van der Waals surface area contributed by atoms with Gasteiger partial charge < -0.3 is 5.32 Å². The highest BCUT2D eigenvalue weighted by atomic mass is 32.2. The van der Waals surface area contributed by atoms with Gasteiger partial charge >= 0.3 is 0 Å². The molecular formula is C18H25N5OS. The Kier molecular flexibility index (Phi) is 4.43. The van der Waals surface area contributed by atoms with Crippen LogP contribution in [-0.2, 0) is 11.8 Å². The molecule has 0 aliphatic heterocycles. The Balaban J connectivity index is 1.40. The third kappa shape index (κ3) is 3.14. The molecule has 2 aromatic rings. The Morgan fingerprint density at radius 2 is 2.16 bits per heavy atom. The molecule has 0 aromatic carbocycles. The fraction of sp³-hybridized carbons (Fsp3) is 0.667. The van der Waals surface area contributed by atoms with Crippen molar-refractivity contribution in [2.24, 2.45) is 24.8 Å². The number of aryl methyl sites for hydroxylation is 1. The van der Waals surface area contributed by atoms with Crippen molar-refractivity contribution in [1.29, 1.82) is 0 Å². The van der Waals surface area contributed by atoms with Gasteiger partial charge in [0.05, 0.1) is 16.8 Å². The lowest BCUT2D eigenvalue weighted by Crippen LogP contribution is -2.43.